The minimum absolute atomic E-state index is 0.145. The van der Waals surface area contributed by atoms with Crippen LogP contribution in [0.4, 0.5) is 4.79 Å². The van der Waals surface area contributed by atoms with Crippen molar-refractivity contribution in [3.05, 3.63) is 69.3 Å². The molecule has 0 saturated carbocycles. The smallest absolute Gasteiger partial charge is 0.316 e. The van der Waals surface area contributed by atoms with Crippen molar-refractivity contribution in [2.24, 2.45) is 12.8 Å². The Bertz CT molecular complexity index is 999. The summed E-state index contributed by atoms with van der Waals surface area (Å²) in [6, 6.07) is 6.81. The van der Waals surface area contributed by atoms with Crippen LogP contribution in [0.25, 0.3) is 16.6 Å². The molecule has 2 aromatic rings. The van der Waals surface area contributed by atoms with Crippen molar-refractivity contribution in [2.75, 3.05) is 0 Å². The molecule has 0 unspecified atom stereocenters. The molecule has 0 bridgehead atoms. The van der Waals surface area contributed by atoms with Crippen LogP contribution in [0.2, 0.25) is 0 Å². The molecule has 0 aliphatic heterocycles. The van der Waals surface area contributed by atoms with Crippen LogP contribution in [0.5, 0.6) is 0 Å². The maximum atomic E-state index is 11.6. The van der Waals surface area contributed by atoms with Crippen molar-refractivity contribution >= 4 is 22.6 Å². The van der Waals surface area contributed by atoms with E-state index >= 15 is 0 Å². The second-order valence-corrected chi connectivity index (χ2v) is 6.11. The molecule has 162 valence electrons. The Hall–Kier alpha value is -3.42. The van der Waals surface area contributed by atoms with Crippen molar-refractivity contribution in [1.29, 1.82) is 0 Å². The quantitative estimate of drug-likeness (QED) is 0.549. The number of hydrogen-bond donors (Lipinski definition) is 2. The van der Waals surface area contributed by atoms with Crippen LogP contribution in [-0.4, -0.2) is 20.5 Å². The molecule has 3 N–H and O–H groups in total. The van der Waals surface area contributed by atoms with E-state index in [2.05, 4.69) is 10.3 Å². The Balaban J connectivity index is 0.00000106. The van der Waals surface area contributed by atoms with Crippen LogP contribution in [0.3, 0.4) is 0 Å². The maximum absolute atomic E-state index is 11.6. The number of nitrogens with two attached hydrogens (primary N) is 1. The molecular formula is C22H31N5O3. The summed E-state index contributed by atoms with van der Waals surface area (Å²) in [5.74, 6) is 0.628. The number of para-hydroxylation sites is 2. The fourth-order valence-electron chi connectivity index (χ4n) is 3.06. The number of nitrogens with zero attached hydrogens (tertiary/aromatic N) is 3. The number of urea groups is 1. The lowest BCUT2D eigenvalue weighted by molar-refractivity contribution is -0.421. The second-order valence-electron chi connectivity index (χ2n) is 6.11. The largest absolute Gasteiger partial charge is 0.351 e. The minimum Gasteiger partial charge on any atom is -0.351 e. The first-order valence-corrected chi connectivity index (χ1v) is 10.1. The van der Waals surface area contributed by atoms with E-state index in [0.29, 0.717) is 29.8 Å². The number of benzene rings is 1. The lowest BCUT2D eigenvalue weighted by atomic mass is 10.0. The van der Waals surface area contributed by atoms with E-state index in [1.165, 1.54) is 6.08 Å². The van der Waals surface area contributed by atoms with Gasteiger partial charge in [-0.15, -0.1) is 0 Å². The summed E-state index contributed by atoms with van der Waals surface area (Å²) < 4.78 is 1.90. The molecule has 0 atom stereocenters. The Labute approximate surface area is 177 Å². The van der Waals surface area contributed by atoms with Gasteiger partial charge < -0.3 is 15.6 Å². The van der Waals surface area contributed by atoms with E-state index in [-0.39, 0.29) is 11.4 Å². The first-order valence-electron chi connectivity index (χ1n) is 10.1. The molecule has 1 aromatic heterocycles. The lowest BCUT2D eigenvalue weighted by Crippen LogP contribution is -2.32. The fraction of sp³-hybridized carbons (Fsp3) is 0.364. The summed E-state index contributed by atoms with van der Waals surface area (Å²) in [6.07, 6.45) is 4.59. The van der Waals surface area contributed by atoms with Crippen LogP contribution in [0.1, 0.15) is 53.3 Å². The van der Waals surface area contributed by atoms with E-state index in [1.54, 1.807) is 6.92 Å². The highest BCUT2D eigenvalue weighted by atomic mass is 16.6. The number of aromatic nitrogens is 2. The van der Waals surface area contributed by atoms with Gasteiger partial charge in [0, 0.05) is 18.7 Å². The average molecular weight is 414 g/mol. The maximum Gasteiger partial charge on any atom is 0.316 e. The number of fused-ring (bicyclic) bond motifs is 1. The van der Waals surface area contributed by atoms with Crippen molar-refractivity contribution in [1.82, 2.24) is 14.9 Å². The zero-order valence-corrected chi connectivity index (χ0v) is 18.5. The molecule has 8 nitrogen and oxygen atoms in total. The molecule has 0 spiro atoms. The van der Waals surface area contributed by atoms with Gasteiger partial charge in [0.05, 0.1) is 16.0 Å². The number of primary amides is 1. The van der Waals surface area contributed by atoms with Gasteiger partial charge in [0.1, 0.15) is 11.5 Å². The SMILES string of the molecule is C/C1=C(NC(N)=O)/C([N+](=O)[O-])=C\C(c2nc3ccccc3n2C)=C/CC1.CC.CC. The van der Waals surface area contributed by atoms with Gasteiger partial charge in [0.2, 0.25) is 0 Å². The van der Waals surface area contributed by atoms with E-state index in [9.17, 15) is 14.9 Å². The van der Waals surface area contributed by atoms with Gasteiger partial charge in [-0.2, -0.15) is 0 Å². The molecule has 1 aliphatic carbocycles. The molecule has 0 radical (unpaired) electrons. The summed E-state index contributed by atoms with van der Waals surface area (Å²) in [7, 11) is 1.87. The van der Waals surface area contributed by atoms with Crippen molar-refractivity contribution in [3.63, 3.8) is 0 Å². The Kier molecular flexibility index (Phi) is 9.48. The van der Waals surface area contributed by atoms with Gasteiger partial charge in [-0.25, -0.2) is 9.78 Å². The summed E-state index contributed by atoms with van der Waals surface area (Å²) in [6.45, 7) is 9.75. The zero-order chi connectivity index (χ0) is 22.8. The molecule has 1 heterocycles. The minimum atomic E-state index is -0.832. The topological polar surface area (TPSA) is 116 Å². The first kappa shape index (κ1) is 24.6. The van der Waals surface area contributed by atoms with Crippen molar-refractivity contribution < 1.29 is 9.72 Å². The zero-order valence-electron chi connectivity index (χ0n) is 18.5. The number of allylic oxidation sites excluding steroid dienone is 4. The normalized spacial score (nSPS) is 19.4. The summed E-state index contributed by atoms with van der Waals surface area (Å²) in [5.41, 5.74) is 8.21. The highest BCUT2D eigenvalue weighted by molar-refractivity contribution is 5.83. The summed E-state index contributed by atoms with van der Waals surface area (Å²) >= 11 is 0. The number of rotatable bonds is 3. The number of carbonyl (C=O) groups is 1. The average Bonchev–Trinajstić information content (AvgIpc) is 3.07. The van der Waals surface area contributed by atoms with E-state index in [4.69, 9.17) is 5.73 Å². The number of hydrogen-bond acceptors (Lipinski definition) is 4. The lowest BCUT2D eigenvalue weighted by Gasteiger charge is -2.13. The molecule has 3 rings (SSSR count). The third kappa shape index (κ3) is 5.56. The number of imidazole rings is 1. The Morgan fingerprint density at radius 3 is 2.43 bits per heavy atom. The molecule has 1 aromatic carbocycles. The third-order valence-electron chi connectivity index (χ3n) is 4.35. The molecular weight excluding hydrogens is 382 g/mol. The van der Waals surface area contributed by atoms with Crippen LogP contribution in [0, 0.1) is 10.1 Å². The number of aryl methyl sites for hydroxylation is 1. The summed E-state index contributed by atoms with van der Waals surface area (Å²) in [5, 5.41) is 14.0. The van der Waals surface area contributed by atoms with Crippen molar-refractivity contribution in [2.45, 2.75) is 47.5 Å². The molecule has 30 heavy (non-hydrogen) atoms. The Morgan fingerprint density at radius 1 is 1.23 bits per heavy atom. The Morgan fingerprint density at radius 2 is 1.87 bits per heavy atom. The second kappa shape index (κ2) is 11.5. The van der Waals surface area contributed by atoms with Gasteiger partial charge in [-0.3, -0.25) is 10.1 Å². The highest BCUT2D eigenvalue weighted by Crippen LogP contribution is 2.28. The molecule has 0 saturated heterocycles. The van der Waals surface area contributed by atoms with Gasteiger partial charge in [-0.1, -0.05) is 45.9 Å². The van der Waals surface area contributed by atoms with Crippen LogP contribution in [0.15, 0.2) is 53.4 Å². The third-order valence-corrected chi connectivity index (χ3v) is 4.35. The van der Waals surface area contributed by atoms with Gasteiger partial charge >= 0.3 is 6.03 Å². The summed E-state index contributed by atoms with van der Waals surface area (Å²) in [4.78, 5) is 27.0. The highest BCUT2D eigenvalue weighted by Gasteiger charge is 2.25. The van der Waals surface area contributed by atoms with Crippen LogP contribution < -0.4 is 11.1 Å². The standard InChI is InChI=1S/C18H19N5O3.2C2H6/c1-11-6-5-7-12(10-15(23(25)26)16(11)21-18(19)24)17-20-13-8-3-4-9-14(13)22(17)2;2*1-2/h3-4,7-10H,5-6H2,1-2H3,(H3,19,21,24);2*1-2H3/b12-7+,15-10+,16-11+;;. The molecule has 0 fully saturated rings. The predicted octanol–water partition coefficient (Wildman–Crippen LogP) is 4.91. The van der Waals surface area contributed by atoms with Gasteiger partial charge in [0.15, 0.2) is 0 Å². The fourth-order valence-corrected chi connectivity index (χ4v) is 3.06. The monoisotopic (exact) mass is 413 g/mol. The van der Waals surface area contributed by atoms with Gasteiger partial charge in [0.25, 0.3) is 5.70 Å². The van der Waals surface area contributed by atoms with Crippen molar-refractivity contribution in [3.8, 4) is 0 Å². The van der Waals surface area contributed by atoms with Gasteiger partial charge in [-0.05, 0) is 37.5 Å². The molecule has 2 amide bonds. The molecule has 8 heteroatoms. The van der Waals surface area contributed by atoms with Crippen LogP contribution >= 0.6 is 0 Å². The number of amides is 2. The number of nitrogens with one attached hydrogen (secondary N) is 1. The van der Waals surface area contributed by atoms with E-state index in [1.807, 2.05) is 69.7 Å². The van der Waals surface area contributed by atoms with Crippen LogP contribution in [-0.2, 0) is 7.05 Å². The number of carbonyl (C=O) groups excluding carboxylic acids is 1. The number of nitro groups is 1. The first-order chi connectivity index (χ1) is 14.4. The predicted molar refractivity (Wildman–Crippen MR) is 121 cm³/mol. The van der Waals surface area contributed by atoms with E-state index in [0.717, 1.165) is 11.0 Å². The molecule has 1 aliphatic rings. The van der Waals surface area contributed by atoms with E-state index < -0.39 is 11.0 Å².